The predicted octanol–water partition coefficient (Wildman–Crippen LogP) is 3.60. The number of nitrogens with zero attached hydrogens (tertiary/aromatic N) is 2. The zero-order valence-electron chi connectivity index (χ0n) is 21.2. The number of fused-ring (bicyclic) bond motifs is 2. The average molecular weight is 490 g/mol. The summed E-state index contributed by atoms with van der Waals surface area (Å²) in [6.07, 6.45) is 4.22. The maximum atomic E-state index is 12.9. The number of carbonyl (C=O) groups excluding carboxylic acids is 1. The fourth-order valence-corrected chi connectivity index (χ4v) is 5.54. The summed E-state index contributed by atoms with van der Waals surface area (Å²) in [5.41, 5.74) is 4.06. The van der Waals surface area contributed by atoms with Crippen molar-refractivity contribution in [2.75, 3.05) is 32.8 Å². The van der Waals surface area contributed by atoms with E-state index in [2.05, 4.69) is 40.5 Å². The van der Waals surface area contributed by atoms with Crippen LogP contribution < -0.4 is 20.3 Å². The smallest absolute Gasteiger partial charge is 0.251 e. The Kier molecular flexibility index (Phi) is 7.01. The van der Waals surface area contributed by atoms with Crippen LogP contribution in [0.2, 0.25) is 0 Å². The molecule has 190 valence electrons. The SMILES string of the molecule is Cc1ccc2c(C)cc(=O)n(CCC3(NC=O)CCN(CCc4ccc5c(c4)OCCO5)CC3)c2c1. The van der Waals surface area contributed by atoms with Crippen LogP contribution in [-0.2, 0) is 17.8 Å². The molecule has 0 atom stereocenters. The van der Waals surface area contributed by atoms with E-state index in [1.165, 1.54) is 5.56 Å². The summed E-state index contributed by atoms with van der Waals surface area (Å²) in [4.78, 5) is 26.9. The summed E-state index contributed by atoms with van der Waals surface area (Å²) in [6.45, 7) is 8.59. The standard InChI is InChI=1S/C29H35N3O4/c1-21-3-5-24-22(2)18-28(34)32(25(24)17-21)14-10-29(30-20-33)8-12-31(13-9-29)11-7-23-4-6-26-27(19-23)36-16-15-35-26/h3-6,17-20H,7-16H2,1-2H3,(H,30,33). The van der Waals surface area contributed by atoms with E-state index < -0.39 is 0 Å². The van der Waals surface area contributed by atoms with Gasteiger partial charge in [0.2, 0.25) is 6.41 Å². The highest BCUT2D eigenvalue weighted by Crippen LogP contribution is 2.31. The quantitative estimate of drug-likeness (QED) is 0.490. The van der Waals surface area contributed by atoms with E-state index in [1.54, 1.807) is 6.07 Å². The molecule has 0 spiro atoms. The van der Waals surface area contributed by atoms with E-state index in [-0.39, 0.29) is 11.1 Å². The Morgan fingerprint density at radius 2 is 1.75 bits per heavy atom. The van der Waals surface area contributed by atoms with Crippen LogP contribution in [0.25, 0.3) is 10.9 Å². The third kappa shape index (κ3) is 5.12. The molecule has 3 aromatic rings. The molecule has 1 fully saturated rings. The second-order valence-corrected chi connectivity index (χ2v) is 10.2. The van der Waals surface area contributed by atoms with Gasteiger partial charge in [0.15, 0.2) is 11.5 Å². The molecular weight excluding hydrogens is 454 g/mol. The molecule has 36 heavy (non-hydrogen) atoms. The molecule has 3 heterocycles. The minimum absolute atomic E-state index is 0.0173. The molecule has 1 amide bonds. The fourth-order valence-electron chi connectivity index (χ4n) is 5.54. The summed E-state index contributed by atoms with van der Waals surface area (Å²) in [5.74, 6) is 1.66. The van der Waals surface area contributed by atoms with Crippen LogP contribution in [0.15, 0.2) is 47.3 Å². The molecule has 7 nitrogen and oxygen atoms in total. The van der Waals surface area contributed by atoms with Crippen LogP contribution in [0.4, 0.5) is 0 Å². The zero-order valence-corrected chi connectivity index (χ0v) is 21.2. The van der Waals surface area contributed by atoms with E-state index in [9.17, 15) is 9.59 Å². The van der Waals surface area contributed by atoms with E-state index in [4.69, 9.17) is 9.47 Å². The molecule has 0 radical (unpaired) electrons. The Bertz CT molecular complexity index is 1310. The van der Waals surface area contributed by atoms with Crippen molar-refractivity contribution >= 4 is 17.3 Å². The molecule has 2 aliphatic heterocycles. The van der Waals surface area contributed by atoms with Gasteiger partial charge >= 0.3 is 0 Å². The molecule has 2 aromatic carbocycles. The minimum Gasteiger partial charge on any atom is -0.486 e. The second kappa shape index (κ2) is 10.3. The number of hydrogen-bond donors (Lipinski definition) is 1. The molecule has 7 heteroatoms. The van der Waals surface area contributed by atoms with Crippen LogP contribution in [-0.4, -0.2) is 54.3 Å². The fraction of sp³-hybridized carbons (Fsp3) is 0.448. The number of aromatic nitrogens is 1. The molecule has 0 saturated carbocycles. The van der Waals surface area contributed by atoms with Gasteiger partial charge in [0.05, 0.1) is 5.52 Å². The molecule has 1 saturated heterocycles. The maximum absolute atomic E-state index is 12.9. The first-order chi connectivity index (χ1) is 17.5. The highest BCUT2D eigenvalue weighted by atomic mass is 16.6. The number of amides is 1. The van der Waals surface area contributed by atoms with Crippen molar-refractivity contribution in [2.24, 2.45) is 0 Å². The van der Waals surface area contributed by atoms with Gasteiger partial charge < -0.3 is 24.3 Å². The Balaban J connectivity index is 1.23. The molecule has 0 unspecified atom stereocenters. The second-order valence-electron chi connectivity index (χ2n) is 10.2. The number of rotatable bonds is 8. The van der Waals surface area contributed by atoms with Crippen LogP contribution in [0.5, 0.6) is 11.5 Å². The van der Waals surface area contributed by atoms with Gasteiger partial charge in [-0.1, -0.05) is 18.2 Å². The number of benzene rings is 2. The van der Waals surface area contributed by atoms with Crippen molar-refractivity contribution in [3.63, 3.8) is 0 Å². The van der Waals surface area contributed by atoms with E-state index in [0.717, 1.165) is 85.3 Å². The molecule has 0 aliphatic carbocycles. The third-order valence-corrected chi connectivity index (χ3v) is 7.79. The van der Waals surface area contributed by atoms with Crippen LogP contribution in [0, 0.1) is 13.8 Å². The predicted molar refractivity (Wildman–Crippen MR) is 141 cm³/mol. The molecule has 1 aromatic heterocycles. The molecule has 2 aliphatic rings. The van der Waals surface area contributed by atoms with Crippen molar-refractivity contribution in [1.29, 1.82) is 0 Å². The number of hydrogen-bond acceptors (Lipinski definition) is 5. The Hall–Kier alpha value is -3.32. The zero-order chi connectivity index (χ0) is 25.1. The Morgan fingerprint density at radius 3 is 2.53 bits per heavy atom. The van der Waals surface area contributed by atoms with Crippen molar-refractivity contribution in [3.8, 4) is 11.5 Å². The van der Waals surface area contributed by atoms with Crippen LogP contribution in [0.3, 0.4) is 0 Å². The van der Waals surface area contributed by atoms with Gasteiger partial charge in [-0.05, 0) is 74.4 Å². The van der Waals surface area contributed by atoms with Crippen molar-refractivity contribution in [1.82, 2.24) is 14.8 Å². The first-order valence-electron chi connectivity index (χ1n) is 12.9. The lowest BCUT2D eigenvalue weighted by atomic mass is 9.84. The van der Waals surface area contributed by atoms with Crippen molar-refractivity contribution in [2.45, 2.75) is 51.6 Å². The number of carbonyl (C=O) groups is 1. The van der Waals surface area contributed by atoms with Gasteiger partial charge in [0, 0.05) is 43.2 Å². The van der Waals surface area contributed by atoms with Gasteiger partial charge in [-0.25, -0.2) is 0 Å². The Morgan fingerprint density at radius 1 is 0.972 bits per heavy atom. The summed E-state index contributed by atoms with van der Waals surface area (Å²) in [6, 6.07) is 14.2. The highest BCUT2D eigenvalue weighted by Gasteiger charge is 2.34. The van der Waals surface area contributed by atoms with E-state index >= 15 is 0 Å². The van der Waals surface area contributed by atoms with E-state index in [0.29, 0.717) is 19.8 Å². The Labute approximate surface area is 212 Å². The first kappa shape index (κ1) is 24.4. The highest BCUT2D eigenvalue weighted by molar-refractivity contribution is 5.83. The maximum Gasteiger partial charge on any atom is 0.251 e. The lowest BCUT2D eigenvalue weighted by molar-refractivity contribution is -0.112. The number of pyridine rings is 1. The summed E-state index contributed by atoms with van der Waals surface area (Å²) in [7, 11) is 0. The van der Waals surface area contributed by atoms with Gasteiger partial charge in [-0.15, -0.1) is 0 Å². The first-order valence-corrected chi connectivity index (χ1v) is 12.9. The lowest BCUT2D eigenvalue weighted by Crippen LogP contribution is -2.54. The van der Waals surface area contributed by atoms with Gasteiger partial charge in [0.25, 0.3) is 5.56 Å². The van der Waals surface area contributed by atoms with Crippen LogP contribution >= 0.6 is 0 Å². The molecule has 5 rings (SSSR count). The van der Waals surface area contributed by atoms with Crippen molar-refractivity contribution < 1.29 is 14.3 Å². The van der Waals surface area contributed by atoms with E-state index in [1.807, 2.05) is 24.5 Å². The normalized spacial score (nSPS) is 17.2. The van der Waals surface area contributed by atoms with Gasteiger partial charge in [-0.2, -0.15) is 0 Å². The largest absolute Gasteiger partial charge is 0.486 e. The summed E-state index contributed by atoms with van der Waals surface area (Å²) < 4.78 is 13.2. The minimum atomic E-state index is -0.296. The summed E-state index contributed by atoms with van der Waals surface area (Å²) in [5, 5.41) is 4.24. The number of aryl methyl sites for hydroxylation is 3. The molecular formula is C29H35N3O4. The lowest BCUT2D eigenvalue weighted by Gasteiger charge is -2.42. The molecule has 1 N–H and O–H groups in total. The van der Waals surface area contributed by atoms with Crippen molar-refractivity contribution in [3.05, 3.63) is 69.5 Å². The number of piperidine rings is 1. The molecule has 0 bridgehead atoms. The number of ether oxygens (including phenoxy) is 2. The number of nitrogens with one attached hydrogen (secondary N) is 1. The monoisotopic (exact) mass is 489 g/mol. The number of likely N-dealkylation sites (tertiary alicyclic amines) is 1. The van der Waals surface area contributed by atoms with Gasteiger partial charge in [0.1, 0.15) is 13.2 Å². The van der Waals surface area contributed by atoms with Crippen LogP contribution in [0.1, 0.15) is 36.0 Å². The summed E-state index contributed by atoms with van der Waals surface area (Å²) >= 11 is 0. The topological polar surface area (TPSA) is 72.8 Å². The third-order valence-electron chi connectivity index (χ3n) is 7.79. The van der Waals surface area contributed by atoms with Gasteiger partial charge in [-0.3, -0.25) is 9.59 Å². The average Bonchev–Trinajstić information content (AvgIpc) is 2.88.